The molecule has 0 spiro atoms. The summed E-state index contributed by atoms with van der Waals surface area (Å²) >= 11 is 3.20. The molecule has 0 atom stereocenters. The van der Waals surface area contributed by atoms with Crippen LogP contribution in [0.3, 0.4) is 0 Å². The fourth-order valence-electron chi connectivity index (χ4n) is 3.59. The number of hydrogen-bond donors (Lipinski definition) is 0. The van der Waals surface area contributed by atoms with Gasteiger partial charge in [0.1, 0.15) is 5.75 Å². The van der Waals surface area contributed by atoms with Crippen molar-refractivity contribution in [2.75, 3.05) is 57.7 Å². The van der Waals surface area contributed by atoms with E-state index in [2.05, 4.69) is 4.90 Å². The third kappa shape index (κ3) is 5.94. The van der Waals surface area contributed by atoms with Crippen LogP contribution < -0.4 is 9.64 Å². The van der Waals surface area contributed by atoms with E-state index in [9.17, 15) is 4.79 Å². The number of benzene rings is 2. The number of nitrogens with zero attached hydrogens (tertiary/aromatic N) is 3. The number of thioether (sulfide) groups is 1. The number of halogens is 1. The molecule has 6 nitrogen and oxygen atoms in total. The highest BCUT2D eigenvalue weighted by Gasteiger charge is 2.22. The summed E-state index contributed by atoms with van der Waals surface area (Å²) in [5, 5.41) is 0.726. The summed E-state index contributed by atoms with van der Waals surface area (Å²) in [5.74, 6) is 0.779. The number of methoxy groups -OCH3 is 1. The Kier molecular flexibility index (Phi) is 9.19. The van der Waals surface area contributed by atoms with Gasteiger partial charge in [0.05, 0.1) is 30.5 Å². The van der Waals surface area contributed by atoms with Crippen molar-refractivity contribution in [2.45, 2.75) is 11.3 Å². The van der Waals surface area contributed by atoms with Crippen molar-refractivity contribution in [1.29, 1.82) is 0 Å². The summed E-state index contributed by atoms with van der Waals surface area (Å²) in [4.78, 5) is 23.6. The molecule has 32 heavy (non-hydrogen) atoms. The lowest BCUT2D eigenvalue weighted by molar-refractivity contribution is 0.0376. The largest absolute Gasteiger partial charge is 0.497 e. The van der Waals surface area contributed by atoms with Gasteiger partial charge in [0.25, 0.3) is 5.91 Å². The SMILES string of the molecule is COc1ccc2nc(N(CCCN3CCOCC3)C(=O)c3ccc(SC)cc3)sc2c1.Cl. The molecule has 1 amide bonds. The van der Waals surface area contributed by atoms with Gasteiger partial charge in [-0.2, -0.15) is 0 Å². The summed E-state index contributed by atoms with van der Waals surface area (Å²) in [7, 11) is 1.66. The number of fused-ring (bicyclic) bond motifs is 1. The Morgan fingerprint density at radius 3 is 2.66 bits per heavy atom. The minimum Gasteiger partial charge on any atom is -0.497 e. The zero-order valence-corrected chi connectivity index (χ0v) is 20.7. The molecule has 1 aromatic heterocycles. The highest BCUT2D eigenvalue weighted by Crippen LogP contribution is 2.32. The highest BCUT2D eigenvalue weighted by molar-refractivity contribution is 7.98. The van der Waals surface area contributed by atoms with E-state index in [1.807, 2.05) is 53.6 Å². The Bertz CT molecular complexity index is 1020. The molecule has 0 aliphatic carbocycles. The number of rotatable bonds is 8. The number of aromatic nitrogens is 1. The van der Waals surface area contributed by atoms with Gasteiger partial charge in [-0.05, 0) is 55.1 Å². The van der Waals surface area contributed by atoms with E-state index in [-0.39, 0.29) is 18.3 Å². The average molecular weight is 494 g/mol. The van der Waals surface area contributed by atoms with Crippen molar-refractivity contribution in [3.8, 4) is 5.75 Å². The van der Waals surface area contributed by atoms with E-state index in [1.165, 1.54) is 11.3 Å². The van der Waals surface area contributed by atoms with E-state index in [0.29, 0.717) is 12.1 Å². The minimum atomic E-state index is -0.0133. The van der Waals surface area contributed by atoms with Crippen LogP contribution >= 0.6 is 35.5 Å². The van der Waals surface area contributed by atoms with Gasteiger partial charge in [-0.25, -0.2) is 4.98 Å². The van der Waals surface area contributed by atoms with Crippen LogP contribution in [0, 0.1) is 0 Å². The maximum Gasteiger partial charge on any atom is 0.260 e. The molecular weight excluding hydrogens is 466 g/mol. The summed E-state index contributed by atoms with van der Waals surface area (Å²) in [6, 6.07) is 13.6. The molecule has 0 radical (unpaired) electrons. The third-order valence-electron chi connectivity index (χ3n) is 5.36. The van der Waals surface area contributed by atoms with Crippen LogP contribution in [-0.4, -0.2) is 68.5 Å². The third-order valence-corrected chi connectivity index (χ3v) is 7.14. The molecule has 1 saturated heterocycles. The van der Waals surface area contributed by atoms with Crippen molar-refractivity contribution in [3.63, 3.8) is 0 Å². The molecule has 1 aliphatic heterocycles. The number of amides is 1. The minimum absolute atomic E-state index is 0. The molecule has 0 unspecified atom stereocenters. The van der Waals surface area contributed by atoms with Crippen LogP contribution in [0.15, 0.2) is 47.4 Å². The lowest BCUT2D eigenvalue weighted by Crippen LogP contribution is -2.39. The lowest BCUT2D eigenvalue weighted by Gasteiger charge is -2.27. The van der Waals surface area contributed by atoms with Gasteiger partial charge >= 0.3 is 0 Å². The molecule has 9 heteroatoms. The van der Waals surface area contributed by atoms with Crippen molar-refractivity contribution in [2.24, 2.45) is 0 Å². The fraction of sp³-hybridized carbons (Fsp3) is 0.391. The fourth-order valence-corrected chi connectivity index (χ4v) is 5.01. The number of carbonyl (C=O) groups excluding carboxylic acids is 1. The molecule has 2 aromatic carbocycles. The Labute approximate surface area is 203 Å². The first-order valence-corrected chi connectivity index (χ1v) is 12.4. The first-order chi connectivity index (χ1) is 15.2. The molecule has 0 N–H and O–H groups in total. The first kappa shape index (κ1) is 24.8. The quantitative estimate of drug-likeness (QED) is 0.419. The van der Waals surface area contributed by atoms with Gasteiger partial charge in [-0.15, -0.1) is 24.2 Å². The summed E-state index contributed by atoms with van der Waals surface area (Å²) in [6.07, 6.45) is 2.91. The predicted octanol–water partition coefficient (Wildman–Crippen LogP) is 4.82. The monoisotopic (exact) mass is 493 g/mol. The maximum absolute atomic E-state index is 13.5. The van der Waals surface area contributed by atoms with Crippen LogP contribution in [0.25, 0.3) is 10.2 Å². The molecule has 2 heterocycles. The summed E-state index contributed by atoms with van der Waals surface area (Å²) < 4.78 is 11.8. The Balaban J connectivity index is 0.00000289. The smallest absolute Gasteiger partial charge is 0.260 e. The highest BCUT2D eigenvalue weighted by atomic mass is 35.5. The topological polar surface area (TPSA) is 54.9 Å². The molecule has 1 fully saturated rings. The van der Waals surface area contributed by atoms with E-state index in [4.69, 9.17) is 14.5 Å². The predicted molar refractivity (Wildman–Crippen MR) is 135 cm³/mol. The van der Waals surface area contributed by atoms with E-state index in [0.717, 1.165) is 65.3 Å². The van der Waals surface area contributed by atoms with E-state index >= 15 is 0 Å². The number of carbonyl (C=O) groups is 1. The van der Waals surface area contributed by atoms with Gasteiger partial charge in [0.15, 0.2) is 5.13 Å². The molecule has 0 saturated carbocycles. The number of anilines is 1. The van der Waals surface area contributed by atoms with Gasteiger partial charge < -0.3 is 9.47 Å². The molecule has 4 rings (SSSR count). The Hall–Kier alpha value is -1.84. The average Bonchev–Trinajstić information content (AvgIpc) is 3.25. The molecule has 1 aliphatic rings. The van der Waals surface area contributed by atoms with Crippen molar-refractivity contribution >= 4 is 56.8 Å². The normalized spacial score (nSPS) is 14.2. The molecule has 3 aromatic rings. The van der Waals surface area contributed by atoms with Crippen molar-refractivity contribution < 1.29 is 14.3 Å². The van der Waals surface area contributed by atoms with Gasteiger partial charge in [-0.1, -0.05) is 11.3 Å². The van der Waals surface area contributed by atoms with Crippen LogP contribution in [0.4, 0.5) is 5.13 Å². The van der Waals surface area contributed by atoms with E-state index < -0.39 is 0 Å². The van der Waals surface area contributed by atoms with Crippen LogP contribution in [0.1, 0.15) is 16.8 Å². The zero-order chi connectivity index (χ0) is 21.6. The van der Waals surface area contributed by atoms with Gasteiger partial charge in [-0.3, -0.25) is 14.6 Å². The summed E-state index contributed by atoms with van der Waals surface area (Å²) in [6.45, 7) is 5.03. The van der Waals surface area contributed by atoms with Crippen LogP contribution in [-0.2, 0) is 4.74 Å². The molecular formula is C23H28ClN3O3S2. The second-order valence-corrected chi connectivity index (χ2v) is 9.21. The van der Waals surface area contributed by atoms with Crippen molar-refractivity contribution in [3.05, 3.63) is 48.0 Å². The Morgan fingerprint density at radius 1 is 1.22 bits per heavy atom. The first-order valence-electron chi connectivity index (χ1n) is 10.4. The zero-order valence-electron chi connectivity index (χ0n) is 18.3. The summed E-state index contributed by atoms with van der Waals surface area (Å²) in [5.41, 5.74) is 1.56. The second kappa shape index (κ2) is 11.9. The number of thiazole rings is 1. The Morgan fingerprint density at radius 2 is 1.97 bits per heavy atom. The van der Waals surface area contributed by atoms with Gasteiger partial charge in [0, 0.05) is 36.6 Å². The number of ether oxygens (including phenoxy) is 2. The van der Waals surface area contributed by atoms with E-state index in [1.54, 1.807) is 18.9 Å². The molecule has 172 valence electrons. The van der Waals surface area contributed by atoms with Crippen molar-refractivity contribution in [1.82, 2.24) is 9.88 Å². The maximum atomic E-state index is 13.5. The second-order valence-electron chi connectivity index (χ2n) is 7.32. The standard InChI is InChI=1S/C23H27N3O3S2.ClH/c1-28-18-6-9-20-21(16-18)31-23(24-20)26(11-3-10-25-12-14-29-15-13-25)22(27)17-4-7-19(30-2)8-5-17;/h4-9,16H,3,10-15H2,1-2H3;1H. The van der Waals surface area contributed by atoms with Crippen LogP contribution in [0.5, 0.6) is 5.75 Å². The number of hydrogen-bond acceptors (Lipinski definition) is 7. The van der Waals surface area contributed by atoms with Crippen LogP contribution in [0.2, 0.25) is 0 Å². The van der Waals surface area contributed by atoms with Gasteiger partial charge in [0.2, 0.25) is 0 Å². The lowest BCUT2D eigenvalue weighted by atomic mass is 10.2. The molecule has 0 bridgehead atoms. The number of morpholine rings is 1.